The quantitative estimate of drug-likeness (QED) is 0.0838. The minimum atomic E-state index is -5.08. The van der Waals surface area contributed by atoms with E-state index in [-0.39, 0.29) is 40.0 Å². The summed E-state index contributed by atoms with van der Waals surface area (Å²) in [6, 6.07) is 13.1. The molecule has 0 spiro atoms. The fraction of sp³-hybridized carbons (Fsp3) is 0.351. The molecule has 15 nitrogen and oxygen atoms in total. The van der Waals surface area contributed by atoms with Crippen molar-refractivity contribution in [2.24, 2.45) is 5.16 Å². The van der Waals surface area contributed by atoms with Gasteiger partial charge in [-0.05, 0) is 49.3 Å². The number of hydrogen-bond acceptors (Lipinski definition) is 12. The third-order valence-electron chi connectivity index (χ3n) is 9.40. The number of alkyl halides is 3. The van der Waals surface area contributed by atoms with Crippen molar-refractivity contribution in [3.8, 4) is 0 Å². The molecular formula is C37H36F3N7O8S2. The maximum absolute atomic E-state index is 13.4. The fourth-order valence-electron chi connectivity index (χ4n) is 6.55. The van der Waals surface area contributed by atoms with E-state index in [4.69, 9.17) is 20.5 Å². The first kappa shape index (κ1) is 40.9. The first-order valence-corrected chi connectivity index (χ1v) is 19.6. The van der Waals surface area contributed by atoms with Crippen molar-refractivity contribution in [1.82, 2.24) is 20.1 Å². The second-order valence-corrected chi connectivity index (χ2v) is 15.4. The number of carbonyl (C=O) groups excluding carboxylic acids is 4. The van der Waals surface area contributed by atoms with E-state index in [2.05, 4.69) is 32.2 Å². The van der Waals surface area contributed by atoms with E-state index in [1.54, 1.807) is 16.4 Å². The van der Waals surface area contributed by atoms with Gasteiger partial charge >= 0.3 is 12.1 Å². The van der Waals surface area contributed by atoms with Crippen LogP contribution in [0.1, 0.15) is 48.9 Å². The summed E-state index contributed by atoms with van der Waals surface area (Å²) in [5.41, 5.74) is 8.57. The lowest BCUT2D eigenvalue weighted by Gasteiger charge is -2.50. The third-order valence-corrected chi connectivity index (χ3v) is 11.4. The van der Waals surface area contributed by atoms with Gasteiger partial charge in [0.05, 0.1) is 11.7 Å². The average Bonchev–Trinajstić information content (AvgIpc) is 3.94. The second kappa shape index (κ2) is 17.6. The Hall–Kier alpha value is -5.76. The van der Waals surface area contributed by atoms with Crippen LogP contribution < -0.4 is 20.7 Å². The van der Waals surface area contributed by atoms with E-state index in [9.17, 15) is 37.5 Å². The van der Waals surface area contributed by atoms with Gasteiger partial charge in [0.1, 0.15) is 23.2 Å². The Labute approximate surface area is 331 Å². The smallest absolute Gasteiger partial charge is 0.490 e. The van der Waals surface area contributed by atoms with E-state index in [1.165, 1.54) is 17.3 Å². The Kier molecular flexibility index (Phi) is 12.6. The number of oxime groups is 1. The number of fused-ring (bicyclic) bond motifs is 1. The summed E-state index contributed by atoms with van der Waals surface area (Å²) in [5, 5.41) is 27.5. The predicted octanol–water partition coefficient (Wildman–Crippen LogP) is 2.12. The number of aromatic nitrogens is 2. The lowest BCUT2D eigenvalue weighted by atomic mass is 10.0. The van der Waals surface area contributed by atoms with Gasteiger partial charge in [-0.2, -0.15) is 13.2 Å². The van der Waals surface area contributed by atoms with Crippen LogP contribution in [0.5, 0.6) is 0 Å². The van der Waals surface area contributed by atoms with E-state index in [0.717, 1.165) is 54.0 Å². The minimum Gasteiger partial charge on any atom is -0.543 e. The molecule has 2 atom stereocenters. The van der Waals surface area contributed by atoms with Crippen LogP contribution in [0.3, 0.4) is 0 Å². The molecule has 3 amide bonds. The summed E-state index contributed by atoms with van der Waals surface area (Å²) < 4.78 is 33.8. The van der Waals surface area contributed by atoms with Gasteiger partial charge in [0.25, 0.3) is 11.8 Å². The number of pyridine rings is 1. The van der Waals surface area contributed by atoms with Crippen molar-refractivity contribution in [1.29, 1.82) is 0 Å². The molecule has 20 heteroatoms. The zero-order valence-corrected chi connectivity index (χ0v) is 31.6. The molecule has 5 heterocycles. The second-order valence-electron chi connectivity index (χ2n) is 13.4. The van der Waals surface area contributed by atoms with E-state index < -0.39 is 41.3 Å². The van der Waals surface area contributed by atoms with Crippen molar-refractivity contribution >= 4 is 63.6 Å². The van der Waals surface area contributed by atoms with Crippen LogP contribution in [0.2, 0.25) is 0 Å². The van der Waals surface area contributed by atoms with Crippen molar-refractivity contribution in [3.63, 3.8) is 0 Å². The van der Waals surface area contributed by atoms with Crippen molar-refractivity contribution in [2.75, 3.05) is 18.0 Å². The first-order chi connectivity index (χ1) is 27.2. The number of carbonyl (C=O) groups is 5. The van der Waals surface area contributed by atoms with Gasteiger partial charge in [-0.1, -0.05) is 35.5 Å². The number of amides is 3. The normalized spacial score (nSPS) is 20.5. The zero-order chi connectivity index (χ0) is 40.9. The lowest BCUT2D eigenvalue weighted by Crippen LogP contribution is -2.71. The molecule has 57 heavy (non-hydrogen) atoms. The number of anilines is 1. The molecule has 3 aromatic rings. The number of aliphatic carboxylic acids is 2. The number of nitrogens with two attached hydrogens (primary N) is 1. The number of nitrogen functional groups attached to an aromatic ring is 1. The Bertz CT molecular complexity index is 2120. The molecule has 2 saturated heterocycles. The highest BCUT2D eigenvalue weighted by Crippen LogP contribution is 2.41. The van der Waals surface area contributed by atoms with Crippen molar-refractivity contribution in [3.05, 3.63) is 100.0 Å². The standard InChI is InChI=1S/C35H35N7O6S2.C2HF3O2/c36-35-37-26(20-50-35)27(39-48-25-8-4-5-9-25)30(43)38-28-32(45)42-29(34(46)47)24(19-49-33(28)42)16-23-12-15-41(31(23)44)18-22-10-13-40(14-11-22)17-21-6-2-1-3-7-21;3-2(4,5)1(6)7/h1-3,6-7,10-11,13-14,16,20,25,28,33H,4-5,8-9,12,15,17-19H2,(H3-,36,37,38,43,46,47);(H,6,7)/t28-,33-;/m1./s1. The zero-order valence-electron chi connectivity index (χ0n) is 30.0. The van der Waals surface area contributed by atoms with Crippen molar-refractivity contribution in [2.45, 2.75) is 68.9 Å². The molecule has 0 bridgehead atoms. The van der Waals surface area contributed by atoms with E-state index in [0.29, 0.717) is 30.7 Å². The van der Waals surface area contributed by atoms with Crippen LogP contribution in [0, 0.1) is 0 Å². The molecule has 1 aliphatic carbocycles. The van der Waals surface area contributed by atoms with Crippen LogP contribution in [0.4, 0.5) is 18.3 Å². The molecular weight excluding hydrogens is 792 g/mol. The van der Waals surface area contributed by atoms with Gasteiger partial charge in [0, 0.05) is 47.5 Å². The molecule has 4 N–H and O–H groups in total. The molecule has 1 saturated carbocycles. The summed E-state index contributed by atoms with van der Waals surface area (Å²) in [6.45, 7) is 1.65. The summed E-state index contributed by atoms with van der Waals surface area (Å²) in [4.78, 5) is 74.1. The molecule has 3 fully saturated rings. The monoisotopic (exact) mass is 827 g/mol. The number of allylic oxidation sites excluding steroid dienone is 1. The number of nitrogens with one attached hydrogen (secondary N) is 1. The fourth-order valence-corrected chi connectivity index (χ4v) is 8.40. The van der Waals surface area contributed by atoms with E-state index in [1.807, 2.05) is 42.7 Å². The number of benzene rings is 1. The van der Waals surface area contributed by atoms with Crippen LogP contribution in [0.15, 0.2) is 88.3 Å². The Morgan fingerprint density at radius 2 is 1.79 bits per heavy atom. The highest BCUT2D eigenvalue weighted by molar-refractivity contribution is 8.00. The van der Waals surface area contributed by atoms with Gasteiger partial charge in [0.15, 0.2) is 29.8 Å². The summed E-state index contributed by atoms with van der Waals surface area (Å²) in [6.07, 6.45) is 4.48. The topological polar surface area (TPSA) is 212 Å². The maximum atomic E-state index is 13.4. The van der Waals surface area contributed by atoms with Gasteiger partial charge in [0.2, 0.25) is 5.91 Å². The molecule has 0 unspecified atom stereocenters. The Balaban J connectivity index is 0.000000719. The lowest BCUT2D eigenvalue weighted by molar-refractivity contribution is -0.688. The predicted molar refractivity (Wildman–Crippen MR) is 197 cm³/mol. The first-order valence-electron chi connectivity index (χ1n) is 17.7. The summed E-state index contributed by atoms with van der Waals surface area (Å²) in [5.74, 6) is -5.55. The number of nitrogens with zero attached hydrogens (tertiary/aromatic N) is 5. The molecule has 2 aromatic heterocycles. The number of β-lactam (4-membered cyclic amide) rings is 1. The maximum Gasteiger partial charge on any atom is 0.490 e. The van der Waals surface area contributed by atoms with Gasteiger partial charge in [-0.15, -0.1) is 23.1 Å². The van der Waals surface area contributed by atoms with Crippen LogP contribution in [-0.4, -0.2) is 91.3 Å². The molecule has 0 radical (unpaired) electrons. The van der Waals surface area contributed by atoms with Crippen LogP contribution in [0.25, 0.3) is 0 Å². The number of rotatable bonds is 11. The molecule has 7 rings (SSSR count). The highest BCUT2D eigenvalue weighted by atomic mass is 32.2. The molecule has 4 aliphatic rings. The minimum absolute atomic E-state index is 0.107. The number of hydrogen-bond donors (Lipinski definition) is 3. The number of thioether (sulfide) groups is 1. The molecule has 300 valence electrons. The number of likely N-dealkylation sites (tertiary alicyclic amines) is 1. The number of carboxylic acids is 2. The van der Waals surface area contributed by atoms with Crippen LogP contribution >= 0.6 is 23.1 Å². The van der Waals surface area contributed by atoms with Crippen LogP contribution in [-0.2, 0) is 41.9 Å². The highest BCUT2D eigenvalue weighted by Gasteiger charge is 2.53. The largest absolute Gasteiger partial charge is 0.543 e. The number of halogens is 3. The summed E-state index contributed by atoms with van der Waals surface area (Å²) >= 11 is 2.44. The number of thiazole rings is 1. The van der Waals surface area contributed by atoms with Gasteiger partial charge in [-0.25, -0.2) is 14.3 Å². The Morgan fingerprint density at radius 1 is 1.11 bits per heavy atom. The molecule has 1 aromatic carbocycles. The average molecular weight is 828 g/mol. The Morgan fingerprint density at radius 3 is 2.40 bits per heavy atom. The SMILES string of the molecule is Nc1nc(C(=NOC2CCCC2)C(=O)N[C@@H]2C(=O)N3C(C(=O)[O-])=C(C=C4CCN(Cc5cc[n+](Cc6ccccc6)cc5)C4=O)CS[C@H]23)cs1.O=C(O)C(F)(F)F. The van der Waals surface area contributed by atoms with Gasteiger partial charge in [-0.3, -0.25) is 19.3 Å². The third kappa shape index (κ3) is 9.80. The van der Waals surface area contributed by atoms with Crippen molar-refractivity contribution < 1.29 is 56.8 Å². The molecule has 3 aliphatic heterocycles. The van der Waals surface area contributed by atoms with E-state index >= 15 is 0 Å². The number of carboxylic acid groups (broad SMARTS) is 2. The summed E-state index contributed by atoms with van der Waals surface area (Å²) in [7, 11) is 0. The van der Waals surface area contributed by atoms with Gasteiger partial charge < -0.3 is 35.8 Å².